The number of amides is 1. The zero-order valence-electron chi connectivity index (χ0n) is 18.4. The number of halogens is 1. The molecule has 5 nitrogen and oxygen atoms in total. The van der Waals surface area contributed by atoms with Gasteiger partial charge in [-0.3, -0.25) is 9.69 Å². The lowest BCUT2D eigenvalue weighted by Gasteiger charge is -2.14. The fourth-order valence-corrected chi connectivity index (χ4v) is 4.81. The third-order valence-electron chi connectivity index (χ3n) is 4.97. The van der Waals surface area contributed by atoms with Crippen molar-refractivity contribution in [3.63, 3.8) is 0 Å². The molecule has 1 heterocycles. The van der Waals surface area contributed by atoms with E-state index in [1.165, 1.54) is 11.8 Å². The van der Waals surface area contributed by atoms with Crippen LogP contribution in [0.2, 0.25) is 0 Å². The standard InChI is InChI=1S/C26H22BrNO4S2/c1-30-23-15-19(7-12-22(23)32-14-13-31-21-10-8-20(27)9-11-21)16-24-25(29)28(26(33)34-24)17-18-5-3-2-4-6-18/h2-12,15-16H,13-14,17H2,1H3/b24-16-. The lowest BCUT2D eigenvalue weighted by Crippen LogP contribution is -2.27. The van der Waals surface area contributed by atoms with Gasteiger partial charge in [0, 0.05) is 4.47 Å². The molecule has 0 unspecified atom stereocenters. The van der Waals surface area contributed by atoms with E-state index in [-0.39, 0.29) is 5.91 Å². The number of rotatable bonds is 9. The number of thiocarbonyl (C=S) groups is 1. The van der Waals surface area contributed by atoms with Crippen LogP contribution in [0, 0.1) is 0 Å². The van der Waals surface area contributed by atoms with Gasteiger partial charge >= 0.3 is 0 Å². The second-order valence-electron chi connectivity index (χ2n) is 7.31. The minimum absolute atomic E-state index is 0.0942. The van der Waals surface area contributed by atoms with Gasteiger partial charge in [0.1, 0.15) is 23.3 Å². The predicted molar refractivity (Wildman–Crippen MR) is 143 cm³/mol. The van der Waals surface area contributed by atoms with Crippen molar-refractivity contribution in [2.75, 3.05) is 20.3 Å². The summed E-state index contributed by atoms with van der Waals surface area (Å²) in [4.78, 5) is 15.1. The van der Waals surface area contributed by atoms with Gasteiger partial charge in [0.2, 0.25) is 0 Å². The van der Waals surface area contributed by atoms with Gasteiger partial charge in [-0.15, -0.1) is 0 Å². The van der Waals surface area contributed by atoms with Crippen LogP contribution >= 0.6 is 39.9 Å². The number of ether oxygens (including phenoxy) is 3. The van der Waals surface area contributed by atoms with Gasteiger partial charge in [-0.1, -0.05) is 76.3 Å². The Balaban J connectivity index is 1.38. The van der Waals surface area contributed by atoms with Crippen molar-refractivity contribution in [1.82, 2.24) is 4.90 Å². The topological polar surface area (TPSA) is 48.0 Å². The molecule has 3 aromatic carbocycles. The molecule has 0 spiro atoms. The maximum Gasteiger partial charge on any atom is 0.266 e. The predicted octanol–water partition coefficient (Wildman–Crippen LogP) is 6.32. The molecule has 0 N–H and O–H groups in total. The average Bonchev–Trinajstić information content (AvgIpc) is 3.11. The monoisotopic (exact) mass is 555 g/mol. The maximum absolute atomic E-state index is 12.9. The van der Waals surface area contributed by atoms with Gasteiger partial charge in [-0.2, -0.15) is 0 Å². The zero-order chi connectivity index (χ0) is 23.9. The second kappa shape index (κ2) is 11.6. The molecule has 4 rings (SSSR count). The fraction of sp³-hybridized carbons (Fsp3) is 0.154. The minimum Gasteiger partial charge on any atom is -0.493 e. The van der Waals surface area contributed by atoms with Crippen molar-refractivity contribution >= 4 is 56.2 Å². The van der Waals surface area contributed by atoms with E-state index in [9.17, 15) is 4.79 Å². The smallest absolute Gasteiger partial charge is 0.266 e. The summed E-state index contributed by atoms with van der Waals surface area (Å²) in [6, 6.07) is 23.0. The van der Waals surface area contributed by atoms with E-state index in [1.54, 1.807) is 12.0 Å². The highest BCUT2D eigenvalue weighted by atomic mass is 79.9. The van der Waals surface area contributed by atoms with Crippen LogP contribution in [-0.2, 0) is 11.3 Å². The summed E-state index contributed by atoms with van der Waals surface area (Å²) >= 11 is 10.2. The SMILES string of the molecule is COc1cc(/C=C2\SC(=S)N(Cc3ccccc3)C2=O)ccc1OCCOc1ccc(Br)cc1. The molecule has 0 saturated carbocycles. The van der Waals surface area contributed by atoms with Gasteiger partial charge in [0.05, 0.1) is 18.6 Å². The van der Waals surface area contributed by atoms with Crippen molar-refractivity contribution in [3.8, 4) is 17.2 Å². The fourth-order valence-electron chi connectivity index (χ4n) is 3.29. The number of benzene rings is 3. The summed E-state index contributed by atoms with van der Waals surface area (Å²) in [6.07, 6.45) is 1.83. The van der Waals surface area contributed by atoms with Crippen molar-refractivity contribution in [3.05, 3.63) is 93.3 Å². The Morgan fingerprint density at radius 3 is 2.44 bits per heavy atom. The first-order valence-corrected chi connectivity index (χ1v) is 12.5. The van der Waals surface area contributed by atoms with Crippen molar-refractivity contribution in [2.45, 2.75) is 6.54 Å². The summed E-state index contributed by atoms with van der Waals surface area (Å²) in [5, 5.41) is 0. The van der Waals surface area contributed by atoms with Gasteiger partial charge in [0.25, 0.3) is 5.91 Å². The van der Waals surface area contributed by atoms with Gasteiger partial charge in [-0.05, 0) is 53.6 Å². The Kier molecular flexibility index (Phi) is 8.26. The van der Waals surface area contributed by atoms with Crippen LogP contribution in [0.5, 0.6) is 17.2 Å². The molecule has 3 aromatic rings. The first-order valence-electron chi connectivity index (χ1n) is 10.5. The van der Waals surface area contributed by atoms with Crippen LogP contribution in [0.1, 0.15) is 11.1 Å². The summed E-state index contributed by atoms with van der Waals surface area (Å²) in [6.45, 7) is 1.22. The van der Waals surface area contributed by atoms with Crippen LogP contribution in [-0.4, -0.2) is 35.5 Å². The van der Waals surface area contributed by atoms with E-state index in [2.05, 4.69) is 15.9 Å². The van der Waals surface area contributed by atoms with Crippen molar-refractivity contribution in [2.24, 2.45) is 0 Å². The lowest BCUT2D eigenvalue weighted by atomic mass is 10.1. The molecular weight excluding hydrogens is 534 g/mol. The largest absolute Gasteiger partial charge is 0.493 e. The van der Waals surface area contributed by atoms with Crippen LogP contribution in [0.4, 0.5) is 0 Å². The molecule has 1 fully saturated rings. The molecule has 0 atom stereocenters. The van der Waals surface area contributed by atoms with Gasteiger partial charge < -0.3 is 14.2 Å². The number of carbonyl (C=O) groups excluding carboxylic acids is 1. The van der Waals surface area contributed by atoms with Crippen LogP contribution < -0.4 is 14.2 Å². The Bertz CT molecular complexity index is 1200. The number of methoxy groups -OCH3 is 1. The van der Waals surface area contributed by atoms with E-state index < -0.39 is 0 Å². The number of hydrogen-bond acceptors (Lipinski definition) is 6. The molecule has 1 aliphatic rings. The highest BCUT2D eigenvalue weighted by molar-refractivity contribution is 9.10. The summed E-state index contributed by atoms with van der Waals surface area (Å²) < 4.78 is 18.6. The molecule has 0 bridgehead atoms. The number of thioether (sulfide) groups is 1. The molecular formula is C26H22BrNO4S2. The minimum atomic E-state index is -0.0942. The van der Waals surface area contributed by atoms with Crippen LogP contribution in [0.3, 0.4) is 0 Å². The van der Waals surface area contributed by atoms with E-state index in [1.807, 2.05) is 78.9 Å². The van der Waals surface area contributed by atoms with Crippen molar-refractivity contribution < 1.29 is 19.0 Å². The first-order chi connectivity index (χ1) is 16.5. The average molecular weight is 557 g/mol. The number of carbonyl (C=O) groups is 1. The number of hydrogen-bond donors (Lipinski definition) is 0. The van der Waals surface area contributed by atoms with E-state index in [0.29, 0.717) is 40.5 Å². The van der Waals surface area contributed by atoms with Crippen LogP contribution in [0.15, 0.2) is 82.2 Å². The van der Waals surface area contributed by atoms with E-state index >= 15 is 0 Å². The van der Waals surface area contributed by atoms with Crippen molar-refractivity contribution in [1.29, 1.82) is 0 Å². The Morgan fingerprint density at radius 1 is 0.971 bits per heavy atom. The highest BCUT2D eigenvalue weighted by Crippen LogP contribution is 2.35. The van der Waals surface area contributed by atoms with Gasteiger partial charge in [-0.25, -0.2) is 0 Å². The number of nitrogens with zero attached hydrogens (tertiary/aromatic N) is 1. The molecule has 0 aliphatic carbocycles. The zero-order valence-corrected chi connectivity index (χ0v) is 21.6. The molecule has 0 radical (unpaired) electrons. The third kappa shape index (κ3) is 6.20. The van der Waals surface area contributed by atoms with E-state index in [4.69, 9.17) is 26.4 Å². The Labute approximate surface area is 216 Å². The summed E-state index contributed by atoms with van der Waals surface area (Å²) in [5.41, 5.74) is 1.86. The highest BCUT2D eigenvalue weighted by Gasteiger charge is 2.32. The summed E-state index contributed by atoms with van der Waals surface area (Å²) in [5.74, 6) is 1.87. The third-order valence-corrected chi connectivity index (χ3v) is 6.87. The molecule has 34 heavy (non-hydrogen) atoms. The first kappa shape index (κ1) is 24.3. The molecule has 174 valence electrons. The molecule has 1 aliphatic heterocycles. The Morgan fingerprint density at radius 2 is 1.71 bits per heavy atom. The quantitative estimate of drug-likeness (QED) is 0.175. The van der Waals surface area contributed by atoms with Gasteiger partial charge in [0.15, 0.2) is 11.5 Å². The lowest BCUT2D eigenvalue weighted by molar-refractivity contribution is -0.122. The Hall–Kier alpha value is -2.81. The van der Waals surface area contributed by atoms with E-state index in [0.717, 1.165) is 21.3 Å². The molecule has 1 saturated heterocycles. The normalized spacial score (nSPS) is 14.5. The molecule has 1 amide bonds. The molecule has 8 heteroatoms. The molecule has 0 aromatic heterocycles. The maximum atomic E-state index is 12.9. The summed E-state index contributed by atoms with van der Waals surface area (Å²) in [7, 11) is 1.59. The second-order valence-corrected chi connectivity index (χ2v) is 9.91. The van der Waals surface area contributed by atoms with Crippen LogP contribution in [0.25, 0.3) is 6.08 Å².